The van der Waals surface area contributed by atoms with E-state index in [9.17, 15) is 8.42 Å². The Morgan fingerprint density at radius 2 is 2.05 bits per heavy atom. The van der Waals surface area contributed by atoms with Gasteiger partial charge >= 0.3 is 6.01 Å². The summed E-state index contributed by atoms with van der Waals surface area (Å²) in [5, 5.41) is 10.7. The summed E-state index contributed by atoms with van der Waals surface area (Å²) in [6, 6.07) is 6.95. The van der Waals surface area contributed by atoms with E-state index in [-0.39, 0.29) is 4.90 Å². The summed E-state index contributed by atoms with van der Waals surface area (Å²) in [6.45, 7) is 3.76. The van der Waals surface area contributed by atoms with E-state index in [1.54, 1.807) is 24.3 Å². The Morgan fingerprint density at radius 1 is 1.27 bits per heavy atom. The second kappa shape index (κ2) is 6.05. The van der Waals surface area contributed by atoms with E-state index in [2.05, 4.69) is 15.5 Å². The molecule has 0 radical (unpaired) electrons. The van der Waals surface area contributed by atoms with E-state index < -0.39 is 10.0 Å². The number of aromatic nitrogens is 2. The lowest BCUT2D eigenvalue weighted by molar-refractivity contribution is 0.477. The molecule has 0 amide bonds. The molecule has 3 rings (SSSR count). The number of nitrogens with zero attached hydrogens (tertiary/aromatic N) is 3. The molecule has 8 heteroatoms. The first-order valence-electron chi connectivity index (χ1n) is 7.29. The van der Waals surface area contributed by atoms with Crippen molar-refractivity contribution in [3.05, 3.63) is 24.3 Å². The number of benzene rings is 1. The van der Waals surface area contributed by atoms with Crippen LogP contribution in [0.4, 0.5) is 6.01 Å². The molecule has 22 heavy (non-hydrogen) atoms. The molecule has 0 aliphatic carbocycles. The van der Waals surface area contributed by atoms with Crippen LogP contribution in [0.2, 0.25) is 0 Å². The van der Waals surface area contributed by atoms with Gasteiger partial charge in [-0.1, -0.05) is 11.2 Å². The van der Waals surface area contributed by atoms with E-state index in [1.165, 1.54) is 4.31 Å². The van der Waals surface area contributed by atoms with E-state index in [1.807, 2.05) is 6.92 Å². The van der Waals surface area contributed by atoms with E-state index in [0.29, 0.717) is 37.1 Å². The average molecular weight is 322 g/mol. The molecular weight excluding hydrogens is 304 g/mol. The summed E-state index contributed by atoms with van der Waals surface area (Å²) in [5.74, 6) is 0.300. The van der Waals surface area contributed by atoms with Gasteiger partial charge in [0, 0.05) is 25.2 Å². The quantitative estimate of drug-likeness (QED) is 0.905. The van der Waals surface area contributed by atoms with Gasteiger partial charge in [-0.15, -0.1) is 5.10 Å². The third-order valence-corrected chi connectivity index (χ3v) is 5.43. The van der Waals surface area contributed by atoms with Gasteiger partial charge in [-0.2, -0.15) is 4.31 Å². The lowest BCUT2D eigenvalue weighted by atomic mass is 10.2. The van der Waals surface area contributed by atoms with Crippen LogP contribution in [-0.2, 0) is 10.0 Å². The van der Waals surface area contributed by atoms with Gasteiger partial charge in [0.2, 0.25) is 15.9 Å². The SMILES string of the molecule is CCNc1nnc(-c2cccc(S(=O)(=O)N3CCCC3)c2)o1. The zero-order chi connectivity index (χ0) is 15.6. The highest BCUT2D eigenvalue weighted by atomic mass is 32.2. The fourth-order valence-corrected chi connectivity index (χ4v) is 3.99. The minimum absolute atomic E-state index is 0.259. The first-order valence-corrected chi connectivity index (χ1v) is 8.73. The average Bonchev–Trinajstić information content (AvgIpc) is 3.19. The Kier molecular flexibility index (Phi) is 4.12. The fraction of sp³-hybridized carbons (Fsp3) is 0.429. The number of rotatable bonds is 5. The van der Waals surface area contributed by atoms with Crippen LogP contribution in [0.25, 0.3) is 11.5 Å². The normalized spacial score (nSPS) is 16.0. The second-order valence-electron chi connectivity index (χ2n) is 5.08. The van der Waals surface area contributed by atoms with Crippen molar-refractivity contribution < 1.29 is 12.8 Å². The zero-order valence-electron chi connectivity index (χ0n) is 12.3. The lowest BCUT2D eigenvalue weighted by Gasteiger charge is -2.15. The first kappa shape index (κ1) is 15.0. The molecule has 118 valence electrons. The molecule has 0 unspecified atom stereocenters. The molecular formula is C14H18N4O3S. The van der Waals surface area contributed by atoms with Crippen LogP contribution in [0.15, 0.2) is 33.6 Å². The topological polar surface area (TPSA) is 88.3 Å². The predicted molar refractivity (Wildman–Crippen MR) is 81.9 cm³/mol. The smallest absolute Gasteiger partial charge is 0.315 e. The number of anilines is 1. The predicted octanol–water partition coefficient (Wildman–Crippen LogP) is 1.95. The van der Waals surface area contributed by atoms with Crippen LogP contribution < -0.4 is 5.32 Å². The van der Waals surface area contributed by atoms with Gasteiger partial charge in [-0.3, -0.25) is 0 Å². The van der Waals surface area contributed by atoms with Crippen molar-refractivity contribution in [1.82, 2.24) is 14.5 Å². The summed E-state index contributed by atoms with van der Waals surface area (Å²) < 4.78 is 32.1. The molecule has 1 aliphatic rings. The Labute approximate surface area is 129 Å². The van der Waals surface area contributed by atoms with Gasteiger partial charge < -0.3 is 9.73 Å². The van der Waals surface area contributed by atoms with Gasteiger partial charge in [0.25, 0.3) is 0 Å². The Hall–Kier alpha value is -1.93. The molecule has 7 nitrogen and oxygen atoms in total. The number of sulfonamides is 1. The molecule has 0 bridgehead atoms. The van der Waals surface area contributed by atoms with Crippen molar-refractivity contribution in [2.24, 2.45) is 0 Å². The molecule has 2 heterocycles. The molecule has 1 aromatic carbocycles. The van der Waals surface area contributed by atoms with Gasteiger partial charge in [-0.25, -0.2) is 8.42 Å². The zero-order valence-corrected chi connectivity index (χ0v) is 13.1. The lowest BCUT2D eigenvalue weighted by Crippen LogP contribution is -2.27. The highest BCUT2D eigenvalue weighted by molar-refractivity contribution is 7.89. The van der Waals surface area contributed by atoms with Crippen molar-refractivity contribution in [3.63, 3.8) is 0 Å². The highest BCUT2D eigenvalue weighted by Gasteiger charge is 2.27. The van der Waals surface area contributed by atoms with Crippen LogP contribution in [0.5, 0.6) is 0 Å². The maximum atomic E-state index is 12.6. The minimum atomic E-state index is -3.44. The Bertz CT molecular complexity index is 751. The molecule has 1 fully saturated rings. The molecule has 2 aromatic rings. The summed E-state index contributed by atoms with van der Waals surface area (Å²) in [4.78, 5) is 0.259. The van der Waals surface area contributed by atoms with Crippen molar-refractivity contribution in [1.29, 1.82) is 0 Å². The largest absolute Gasteiger partial charge is 0.403 e. The second-order valence-corrected chi connectivity index (χ2v) is 7.02. The maximum Gasteiger partial charge on any atom is 0.315 e. The van der Waals surface area contributed by atoms with Crippen LogP contribution in [-0.4, -0.2) is 42.6 Å². The summed E-state index contributed by atoms with van der Waals surface area (Å²) in [5.41, 5.74) is 0.594. The van der Waals surface area contributed by atoms with Crippen LogP contribution >= 0.6 is 0 Å². The monoisotopic (exact) mass is 322 g/mol. The van der Waals surface area contributed by atoms with Crippen molar-refractivity contribution in [2.75, 3.05) is 25.0 Å². The van der Waals surface area contributed by atoms with Crippen LogP contribution in [0.3, 0.4) is 0 Å². The van der Waals surface area contributed by atoms with E-state index >= 15 is 0 Å². The van der Waals surface area contributed by atoms with Crippen molar-refractivity contribution in [3.8, 4) is 11.5 Å². The minimum Gasteiger partial charge on any atom is -0.403 e. The summed E-state index contributed by atoms with van der Waals surface area (Å²) in [6.07, 6.45) is 1.82. The van der Waals surface area contributed by atoms with E-state index in [0.717, 1.165) is 12.8 Å². The van der Waals surface area contributed by atoms with Gasteiger partial charge in [0.15, 0.2) is 0 Å². The number of nitrogens with one attached hydrogen (secondary N) is 1. The fourth-order valence-electron chi connectivity index (χ4n) is 2.43. The highest BCUT2D eigenvalue weighted by Crippen LogP contribution is 2.26. The molecule has 0 spiro atoms. The molecule has 1 aromatic heterocycles. The Balaban J connectivity index is 1.91. The molecule has 1 aliphatic heterocycles. The third-order valence-electron chi connectivity index (χ3n) is 3.54. The number of hydrogen-bond donors (Lipinski definition) is 1. The molecule has 0 saturated carbocycles. The van der Waals surface area contributed by atoms with Crippen molar-refractivity contribution in [2.45, 2.75) is 24.7 Å². The Morgan fingerprint density at radius 3 is 2.77 bits per heavy atom. The van der Waals surface area contributed by atoms with Crippen LogP contribution in [0, 0.1) is 0 Å². The van der Waals surface area contributed by atoms with Gasteiger partial charge in [-0.05, 0) is 38.0 Å². The maximum absolute atomic E-state index is 12.6. The van der Waals surface area contributed by atoms with Gasteiger partial charge in [0.05, 0.1) is 4.90 Å². The van der Waals surface area contributed by atoms with Crippen LogP contribution in [0.1, 0.15) is 19.8 Å². The van der Waals surface area contributed by atoms with Crippen molar-refractivity contribution >= 4 is 16.0 Å². The number of hydrogen-bond acceptors (Lipinski definition) is 6. The summed E-state index contributed by atoms with van der Waals surface area (Å²) in [7, 11) is -3.44. The standard InChI is InChI=1S/C14H18N4O3S/c1-2-15-14-17-16-13(21-14)11-6-5-7-12(10-11)22(19,20)18-8-3-4-9-18/h5-7,10H,2-4,8-9H2,1H3,(H,15,17). The van der Waals surface area contributed by atoms with Gasteiger partial charge in [0.1, 0.15) is 0 Å². The molecule has 0 atom stereocenters. The molecule has 1 saturated heterocycles. The summed E-state index contributed by atoms with van der Waals surface area (Å²) >= 11 is 0. The first-order chi connectivity index (χ1) is 10.6. The van der Waals surface area contributed by atoms with E-state index in [4.69, 9.17) is 4.42 Å². The third kappa shape index (κ3) is 2.84. The molecule has 1 N–H and O–H groups in total.